The molecule has 0 radical (unpaired) electrons. The second-order valence-corrected chi connectivity index (χ2v) is 9.93. The molecule has 0 amide bonds. The van der Waals surface area contributed by atoms with Crippen molar-refractivity contribution in [3.63, 3.8) is 0 Å². The first-order valence-electron chi connectivity index (χ1n) is 11.1. The van der Waals surface area contributed by atoms with Gasteiger partial charge in [-0.25, -0.2) is 9.59 Å². The summed E-state index contributed by atoms with van der Waals surface area (Å²) in [5.41, 5.74) is 2.25. The standard InChI is InChI=1S/C18H25N3O2S.2C2HF3O2/c1-12-4-5-15(24-12)8-20-10-17-18(11-20)22-7-6-21(17)9-16-13(2)19-23-14(16)3;2*3-2(4,5)1(6)7/h4-5,17-18H,6-11H2,1-3H3;2*(H,6,7)/t17-,18+;;/m1../s1. The van der Waals surface area contributed by atoms with E-state index in [9.17, 15) is 26.3 Å². The maximum Gasteiger partial charge on any atom is 0.490 e. The number of carboxylic acid groups (broad SMARTS) is 2. The van der Waals surface area contributed by atoms with E-state index in [4.69, 9.17) is 29.1 Å². The molecule has 2 atom stereocenters. The number of morpholine rings is 1. The van der Waals surface area contributed by atoms with E-state index in [1.54, 1.807) is 0 Å². The highest BCUT2D eigenvalue weighted by molar-refractivity contribution is 7.11. The molecule has 2 fully saturated rings. The molecule has 2 aromatic heterocycles. The van der Waals surface area contributed by atoms with Crippen molar-refractivity contribution >= 4 is 23.3 Å². The van der Waals surface area contributed by atoms with Crippen LogP contribution >= 0.6 is 11.3 Å². The van der Waals surface area contributed by atoms with Gasteiger partial charge in [-0.1, -0.05) is 5.16 Å². The zero-order valence-corrected chi connectivity index (χ0v) is 21.4. The Morgan fingerprint density at radius 1 is 1.03 bits per heavy atom. The molecule has 0 aromatic carbocycles. The number of carboxylic acids is 2. The van der Waals surface area contributed by atoms with Gasteiger partial charge in [-0.15, -0.1) is 11.3 Å². The summed E-state index contributed by atoms with van der Waals surface area (Å²) >= 11 is 1.90. The van der Waals surface area contributed by atoms with Gasteiger partial charge in [-0.05, 0) is 32.9 Å². The third kappa shape index (κ3) is 9.25. The van der Waals surface area contributed by atoms with E-state index in [0.717, 1.165) is 50.8 Å². The van der Waals surface area contributed by atoms with Gasteiger partial charge in [0.2, 0.25) is 0 Å². The van der Waals surface area contributed by atoms with Gasteiger partial charge in [-0.2, -0.15) is 26.3 Å². The second kappa shape index (κ2) is 12.9. The summed E-state index contributed by atoms with van der Waals surface area (Å²) in [6.45, 7) is 12.1. The molecular formula is C22H27F6N3O6S. The molecule has 0 unspecified atom stereocenters. The Bertz CT molecular complexity index is 1040. The summed E-state index contributed by atoms with van der Waals surface area (Å²) in [5, 5.41) is 18.3. The number of alkyl halides is 6. The topological polar surface area (TPSA) is 116 Å². The Kier molecular flexibility index (Phi) is 10.7. The van der Waals surface area contributed by atoms with Gasteiger partial charge < -0.3 is 19.5 Å². The van der Waals surface area contributed by atoms with Crippen molar-refractivity contribution in [2.75, 3.05) is 26.2 Å². The number of carbonyl (C=O) groups is 2. The van der Waals surface area contributed by atoms with Crippen LogP contribution in [-0.2, 0) is 27.4 Å². The van der Waals surface area contributed by atoms with E-state index in [-0.39, 0.29) is 0 Å². The van der Waals surface area contributed by atoms with Crippen LogP contribution in [0.25, 0.3) is 0 Å². The van der Waals surface area contributed by atoms with E-state index in [1.165, 1.54) is 15.3 Å². The number of aryl methyl sites for hydroxylation is 3. The van der Waals surface area contributed by atoms with Crippen molar-refractivity contribution in [1.82, 2.24) is 15.0 Å². The number of rotatable bonds is 4. The molecule has 38 heavy (non-hydrogen) atoms. The first kappa shape index (κ1) is 31.5. The summed E-state index contributed by atoms with van der Waals surface area (Å²) in [7, 11) is 0. The fraction of sp³-hybridized carbons (Fsp3) is 0.591. The van der Waals surface area contributed by atoms with Gasteiger partial charge in [0.15, 0.2) is 0 Å². The molecule has 4 heterocycles. The molecule has 0 saturated carbocycles. The van der Waals surface area contributed by atoms with Gasteiger partial charge in [0, 0.05) is 48.0 Å². The minimum absolute atomic E-state index is 0.320. The second-order valence-electron chi connectivity index (χ2n) is 8.56. The van der Waals surface area contributed by atoms with E-state index >= 15 is 0 Å². The monoisotopic (exact) mass is 575 g/mol. The van der Waals surface area contributed by atoms with Gasteiger partial charge in [-0.3, -0.25) is 9.80 Å². The Labute approximate surface area is 217 Å². The van der Waals surface area contributed by atoms with Crippen LogP contribution in [0.1, 0.15) is 26.8 Å². The lowest BCUT2D eigenvalue weighted by molar-refractivity contribution is -0.193. The predicted molar refractivity (Wildman–Crippen MR) is 122 cm³/mol. The molecule has 4 rings (SSSR count). The van der Waals surface area contributed by atoms with Gasteiger partial charge in [0.05, 0.1) is 24.4 Å². The average Bonchev–Trinajstić information content (AvgIpc) is 3.48. The molecule has 9 nitrogen and oxygen atoms in total. The molecule has 0 bridgehead atoms. The van der Waals surface area contributed by atoms with Crippen LogP contribution in [0.15, 0.2) is 16.7 Å². The summed E-state index contributed by atoms with van der Waals surface area (Å²) in [6.07, 6.45) is -9.85. The van der Waals surface area contributed by atoms with E-state index in [2.05, 4.69) is 34.0 Å². The number of nitrogens with zero attached hydrogens (tertiary/aromatic N) is 3. The van der Waals surface area contributed by atoms with Crippen LogP contribution < -0.4 is 0 Å². The highest BCUT2D eigenvalue weighted by Crippen LogP contribution is 2.28. The quantitative estimate of drug-likeness (QED) is 0.522. The van der Waals surface area contributed by atoms with Crippen molar-refractivity contribution in [1.29, 1.82) is 0 Å². The lowest BCUT2D eigenvalue weighted by atomic mass is 10.1. The normalized spacial score (nSPS) is 20.1. The number of hydrogen-bond acceptors (Lipinski definition) is 8. The number of aromatic nitrogens is 1. The molecule has 2 aliphatic rings. The summed E-state index contributed by atoms with van der Waals surface area (Å²) in [4.78, 5) is 25.7. The predicted octanol–water partition coefficient (Wildman–Crippen LogP) is 4.01. The maximum atomic E-state index is 10.6. The minimum atomic E-state index is -5.08. The molecule has 16 heteroatoms. The smallest absolute Gasteiger partial charge is 0.475 e. The molecular weight excluding hydrogens is 548 g/mol. The lowest BCUT2D eigenvalue weighted by Gasteiger charge is -2.36. The van der Waals surface area contributed by atoms with Crippen molar-refractivity contribution in [3.05, 3.63) is 38.9 Å². The number of ether oxygens (including phenoxy) is 1. The molecule has 2 saturated heterocycles. The molecule has 2 N–H and O–H groups in total. The number of halogens is 6. The lowest BCUT2D eigenvalue weighted by Crippen LogP contribution is -2.50. The third-order valence-electron chi connectivity index (χ3n) is 5.69. The van der Waals surface area contributed by atoms with Crippen LogP contribution in [0.5, 0.6) is 0 Å². The first-order valence-corrected chi connectivity index (χ1v) is 12.0. The highest BCUT2D eigenvalue weighted by Gasteiger charge is 2.41. The van der Waals surface area contributed by atoms with Crippen LogP contribution in [-0.4, -0.2) is 87.8 Å². The Balaban J connectivity index is 0.000000301. The zero-order chi connectivity index (χ0) is 28.8. The number of fused-ring (bicyclic) bond motifs is 1. The largest absolute Gasteiger partial charge is 0.490 e. The average molecular weight is 576 g/mol. The fourth-order valence-electron chi connectivity index (χ4n) is 3.88. The van der Waals surface area contributed by atoms with Crippen LogP contribution in [0.2, 0.25) is 0 Å². The van der Waals surface area contributed by atoms with E-state index in [1.807, 2.05) is 25.2 Å². The Morgan fingerprint density at radius 3 is 2.05 bits per heavy atom. The number of hydrogen-bond donors (Lipinski definition) is 2. The number of likely N-dealkylation sites (tertiary alicyclic amines) is 1. The highest BCUT2D eigenvalue weighted by atomic mass is 32.1. The maximum absolute atomic E-state index is 10.6. The van der Waals surface area contributed by atoms with Gasteiger partial charge >= 0.3 is 24.3 Å². The molecule has 0 aliphatic carbocycles. The van der Waals surface area contributed by atoms with Crippen molar-refractivity contribution in [2.24, 2.45) is 0 Å². The van der Waals surface area contributed by atoms with Crippen LogP contribution in [0.4, 0.5) is 26.3 Å². The van der Waals surface area contributed by atoms with E-state index in [0.29, 0.717) is 12.1 Å². The number of thiophene rings is 1. The van der Waals surface area contributed by atoms with E-state index < -0.39 is 24.3 Å². The Morgan fingerprint density at radius 2 is 1.61 bits per heavy atom. The third-order valence-corrected chi connectivity index (χ3v) is 6.68. The van der Waals surface area contributed by atoms with Crippen LogP contribution in [0, 0.1) is 20.8 Å². The fourth-order valence-corrected chi connectivity index (χ4v) is 4.81. The summed E-state index contributed by atoms with van der Waals surface area (Å²) in [5.74, 6) is -4.57. The van der Waals surface area contributed by atoms with Crippen molar-refractivity contribution in [2.45, 2.75) is 58.4 Å². The SMILES string of the molecule is Cc1ccc(CN2C[C@@H]3OCCN(Cc4c(C)noc4C)[C@@H]3C2)s1.O=C(O)C(F)(F)F.O=C(O)C(F)(F)F. The summed E-state index contributed by atoms with van der Waals surface area (Å²) in [6, 6.07) is 4.93. The Hall–Kier alpha value is -2.69. The number of aliphatic carboxylic acids is 2. The molecule has 2 aromatic rings. The van der Waals surface area contributed by atoms with Crippen LogP contribution in [0.3, 0.4) is 0 Å². The van der Waals surface area contributed by atoms with Crippen molar-refractivity contribution < 1.29 is 55.4 Å². The summed E-state index contributed by atoms with van der Waals surface area (Å²) < 4.78 is 74.9. The molecule has 214 valence electrons. The van der Waals surface area contributed by atoms with Gasteiger partial charge in [0.1, 0.15) is 5.76 Å². The molecule has 2 aliphatic heterocycles. The minimum Gasteiger partial charge on any atom is -0.475 e. The molecule has 0 spiro atoms. The van der Waals surface area contributed by atoms with Crippen molar-refractivity contribution in [3.8, 4) is 0 Å². The zero-order valence-electron chi connectivity index (χ0n) is 20.6. The first-order chi connectivity index (χ1) is 17.5. The van der Waals surface area contributed by atoms with Gasteiger partial charge in [0.25, 0.3) is 0 Å².